The van der Waals surface area contributed by atoms with E-state index in [1.165, 1.54) is 12.8 Å². The van der Waals surface area contributed by atoms with Crippen molar-refractivity contribution in [2.45, 2.75) is 46.1 Å². The Kier molecular flexibility index (Phi) is 4.65. The van der Waals surface area contributed by atoms with E-state index in [1.54, 1.807) is 6.07 Å². The van der Waals surface area contributed by atoms with Crippen molar-refractivity contribution in [1.82, 2.24) is 9.97 Å². The number of ether oxygens (including phenoxy) is 1. The summed E-state index contributed by atoms with van der Waals surface area (Å²) in [5.74, 6) is 8.33. The summed E-state index contributed by atoms with van der Waals surface area (Å²) in [4.78, 5) is 8.11. The molecule has 112 valence electrons. The SMILES string of the molecule is CC1CCC(C(C)C)C(Oc2cc(NN)nc(N)n2)C1. The molecule has 3 atom stereocenters. The van der Waals surface area contributed by atoms with Gasteiger partial charge in [0.15, 0.2) is 0 Å². The molecule has 1 heterocycles. The summed E-state index contributed by atoms with van der Waals surface area (Å²) >= 11 is 0. The van der Waals surface area contributed by atoms with Crippen LogP contribution in [-0.2, 0) is 0 Å². The molecule has 1 aliphatic carbocycles. The number of nitrogens with one attached hydrogen (secondary N) is 1. The van der Waals surface area contributed by atoms with Crippen LogP contribution in [0.2, 0.25) is 0 Å². The van der Waals surface area contributed by atoms with Crippen LogP contribution in [0.3, 0.4) is 0 Å². The van der Waals surface area contributed by atoms with Crippen molar-refractivity contribution in [3.63, 3.8) is 0 Å². The van der Waals surface area contributed by atoms with E-state index in [4.69, 9.17) is 16.3 Å². The predicted octanol–water partition coefficient (Wildman–Crippen LogP) is 2.18. The van der Waals surface area contributed by atoms with Gasteiger partial charge in [-0.3, -0.25) is 0 Å². The van der Waals surface area contributed by atoms with E-state index >= 15 is 0 Å². The van der Waals surface area contributed by atoms with Crippen LogP contribution in [0, 0.1) is 17.8 Å². The molecule has 5 N–H and O–H groups in total. The average molecular weight is 279 g/mol. The van der Waals surface area contributed by atoms with E-state index in [2.05, 4.69) is 36.2 Å². The summed E-state index contributed by atoms with van der Waals surface area (Å²) in [7, 11) is 0. The Morgan fingerprint density at radius 3 is 2.75 bits per heavy atom. The van der Waals surface area contributed by atoms with Gasteiger partial charge in [-0.1, -0.05) is 27.2 Å². The Bertz CT molecular complexity index is 451. The van der Waals surface area contributed by atoms with Crippen molar-refractivity contribution in [3.05, 3.63) is 6.07 Å². The maximum absolute atomic E-state index is 6.10. The van der Waals surface area contributed by atoms with Crippen LogP contribution < -0.4 is 21.7 Å². The molecule has 0 aromatic carbocycles. The number of hydrazine groups is 1. The van der Waals surface area contributed by atoms with Gasteiger partial charge in [-0.05, 0) is 30.6 Å². The molecule has 1 aromatic heterocycles. The fourth-order valence-corrected chi connectivity index (χ4v) is 2.98. The topological polar surface area (TPSA) is 99.1 Å². The molecule has 20 heavy (non-hydrogen) atoms. The van der Waals surface area contributed by atoms with Crippen molar-refractivity contribution in [3.8, 4) is 5.88 Å². The number of hydrogen-bond acceptors (Lipinski definition) is 6. The third kappa shape index (κ3) is 3.50. The number of aromatic nitrogens is 2. The molecule has 0 radical (unpaired) electrons. The molecule has 6 heteroatoms. The lowest BCUT2D eigenvalue weighted by molar-refractivity contribution is 0.0427. The molecule has 0 aliphatic heterocycles. The molecule has 0 bridgehead atoms. The van der Waals surface area contributed by atoms with Crippen molar-refractivity contribution in [2.75, 3.05) is 11.2 Å². The summed E-state index contributed by atoms with van der Waals surface area (Å²) < 4.78 is 6.10. The van der Waals surface area contributed by atoms with E-state index in [-0.39, 0.29) is 12.1 Å². The molecule has 0 amide bonds. The molecule has 0 spiro atoms. The number of anilines is 2. The number of rotatable bonds is 4. The third-order valence-corrected chi connectivity index (χ3v) is 4.10. The highest BCUT2D eigenvalue weighted by atomic mass is 16.5. The maximum Gasteiger partial charge on any atom is 0.225 e. The first-order valence-electron chi connectivity index (χ1n) is 7.27. The second-order valence-electron chi connectivity index (χ2n) is 6.08. The van der Waals surface area contributed by atoms with Gasteiger partial charge < -0.3 is 15.9 Å². The Labute approximate surface area is 120 Å². The van der Waals surface area contributed by atoms with Gasteiger partial charge in [-0.2, -0.15) is 9.97 Å². The van der Waals surface area contributed by atoms with Crippen molar-refractivity contribution in [2.24, 2.45) is 23.6 Å². The summed E-state index contributed by atoms with van der Waals surface area (Å²) in [6.45, 7) is 6.77. The fraction of sp³-hybridized carbons (Fsp3) is 0.714. The van der Waals surface area contributed by atoms with E-state index in [0.717, 1.165) is 6.42 Å². The van der Waals surface area contributed by atoms with E-state index in [1.807, 2.05) is 0 Å². The highest BCUT2D eigenvalue weighted by molar-refractivity contribution is 5.41. The minimum Gasteiger partial charge on any atom is -0.474 e. The fourth-order valence-electron chi connectivity index (χ4n) is 2.98. The van der Waals surface area contributed by atoms with Gasteiger partial charge >= 0.3 is 0 Å². The third-order valence-electron chi connectivity index (χ3n) is 4.10. The van der Waals surface area contributed by atoms with Crippen LogP contribution >= 0.6 is 0 Å². The summed E-state index contributed by atoms with van der Waals surface area (Å²) in [6, 6.07) is 1.69. The van der Waals surface area contributed by atoms with Crippen LogP contribution in [0.25, 0.3) is 0 Å². The highest BCUT2D eigenvalue weighted by Gasteiger charge is 2.32. The minimum absolute atomic E-state index is 0.167. The second kappa shape index (κ2) is 6.26. The number of nitrogens with zero attached hydrogens (tertiary/aromatic N) is 2. The van der Waals surface area contributed by atoms with Gasteiger partial charge in [0.1, 0.15) is 11.9 Å². The number of hydrogen-bond donors (Lipinski definition) is 3. The normalized spacial score (nSPS) is 26.6. The first-order valence-corrected chi connectivity index (χ1v) is 7.27. The van der Waals surface area contributed by atoms with Crippen molar-refractivity contribution >= 4 is 11.8 Å². The van der Waals surface area contributed by atoms with Crippen molar-refractivity contribution < 1.29 is 4.74 Å². The Morgan fingerprint density at radius 2 is 2.10 bits per heavy atom. The van der Waals surface area contributed by atoms with Crippen molar-refractivity contribution in [1.29, 1.82) is 0 Å². The number of nitrogen functional groups attached to an aromatic ring is 2. The maximum atomic E-state index is 6.10. The summed E-state index contributed by atoms with van der Waals surface area (Å²) in [6.07, 6.45) is 3.70. The predicted molar refractivity (Wildman–Crippen MR) is 80.0 cm³/mol. The molecule has 1 aliphatic rings. The van der Waals surface area contributed by atoms with E-state index in [0.29, 0.717) is 29.5 Å². The quantitative estimate of drug-likeness (QED) is 0.577. The molecule has 6 nitrogen and oxygen atoms in total. The van der Waals surface area contributed by atoms with Gasteiger partial charge in [0, 0.05) is 6.07 Å². The van der Waals surface area contributed by atoms with Crippen LogP contribution in [0.1, 0.15) is 40.0 Å². The van der Waals surface area contributed by atoms with Crippen LogP contribution in [0.15, 0.2) is 6.07 Å². The smallest absolute Gasteiger partial charge is 0.225 e. The first-order chi connectivity index (χ1) is 9.49. The van der Waals surface area contributed by atoms with Crippen LogP contribution in [0.5, 0.6) is 5.88 Å². The molecule has 3 unspecified atom stereocenters. The standard InChI is InChI=1S/C14H25N5O/c1-8(2)10-5-4-9(3)6-11(10)20-13-7-12(19-16)17-14(15)18-13/h7-11H,4-6,16H2,1-3H3,(H3,15,17,18,19). The molecule has 1 saturated carbocycles. The zero-order valence-corrected chi connectivity index (χ0v) is 12.5. The Hall–Kier alpha value is -1.56. The van der Waals surface area contributed by atoms with Gasteiger partial charge in [-0.15, -0.1) is 0 Å². The first kappa shape index (κ1) is 14.8. The largest absolute Gasteiger partial charge is 0.474 e. The molecule has 0 saturated heterocycles. The lowest BCUT2D eigenvalue weighted by Gasteiger charge is -2.37. The summed E-state index contributed by atoms with van der Waals surface area (Å²) in [5, 5.41) is 0. The van der Waals surface area contributed by atoms with Gasteiger partial charge in [-0.25, -0.2) is 5.84 Å². The Morgan fingerprint density at radius 1 is 1.35 bits per heavy atom. The van der Waals surface area contributed by atoms with Gasteiger partial charge in [0.25, 0.3) is 0 Å². The summed E-state index contributed by atoms with van der Waals surface area (Å²) in [5.41, 5.74) is 8.14. The Balaban J connectivity index is 2.15. The molecule has 1 aromatic rings. The highest BCUT2D eigenvalue weighted by Crippen LogP contribution is 2.35. The molecular weight excluding hydrogens is 254 g/mol. The average Bonchev–Trinajstić information content (AvgIpc) is 2.37. The van der Waals surface area contributed by atoms with Gasteiger partial charge in [0.05, 0.1) is 0 Å². The minimum atomic E-state index is 0.167. The van der Waals surface area contributed by atoms with E-state index in [9.17, 15) is 0 Å². The van der Waals surface area contributed by atoms with E-state index < -0.39 is 0 Å². The van der Waals surface area contributed by atoms with Crippen LogP contribution in [-0.4, -0.2) is 16.1 Å². The zero-order chi connectivity index (χ0) is 14.7. The number of nitrogens with two attached hydrogens (primary N) is 2. The second-order valence-corrected chi connectivity index (χ2v) is 6.08. The lowest BCUT2D eigenvalue weighted by atomic mass is 9.75. The van der Waals surface area contributed by atoms with Gasteiger partial charge in [0.2, 0.25) is 11.8 Å². The molecule has 1 fully saturated rings. The molecular formula is C14H25N5O. The molecule has 2 rings (SSSR count). The van der Waals surface area contributed by atoms with Crippen LogP contribution in [0.4, 0.5) is 11.8 Å². The monoisotopic (exact) mass is 279 g/mol. The zero-order valence-electron chi connectivity index (χ0n) is 12.5. The lowest BCUT2D eigenvalue weighted by Crippen LogP contribution is -2.36.